The van der Waals surface area contributed by atoms with Gasteiger partial charge in [-0.2, -0.15) is 0 Å². The van der Waals surface area contributed by atoms with Gasteiger partial charge < -0.3 is 5.73 Å². The Balaban J connectivity index is 0.00000121. The number of carbonyl (C=O) groups excluding carboxylic acids is 1. The van der Waals surface area contributed by atoms with Crippen molar-refractivity contribution in [3.63, 3.8) is 0 Å². The first kappa shape index (κ1) is 11.1. The third kappa shape index (κ3) is 2.28. The molecule has 0 aliphatic carbocycles. The number of nitrogens with two attached hydrogens (primary N) is 1. The normalized spacial score (nSPS) is 9.17. The molecular formula is C6H11ClN4O. The number of hydrogen-bond donors (Lipinski definition) is 1. The fraction of sp³-hybridized carbons (Fsp3) is 0.500. The highest BCUT2D eigenvalue weighted by molar-refractivity contribution is 5.95. The average molecular weight is 191 g/mol. The first-order valence-corrected chi connectivity index (χ1v) is 3.41. The summed E-state index contributed by atoms with van der Waals surface area (Å²) in [5.41, 5.74) is 5.47. The van der Waals surface area contributed by atoms with Crippen LogP contribution in [0.2, 0.25) is 0 Å². The van der Waals surface area contributed by atoms with Crippen molar-refractivity contribution < 1.29 is 4.79 Å². The molecule has 0 aliphatic rings. The molecule has 12 heavy (non-hydrogen) atoms. The first-order valence-electron chi connectivity index (χ1n) is 3.41. The van der Waals surface area contributed by atoms with E-state index in [2.05, 4.69) is 10.3 Å². The fourth-order valence-electron chi connectivity index (χ4n) is 0.685. The van der Waals surface area contributed by atoms with Crippen molar-refractivity contribution in [1.29, 1.82) is 0 Å². The van der Waals surface area contributed by atoms with Gasteiger partial charge in [0.25, 0.3) is 0 Å². The van der Waals surface area contributed by atoms with E-state index in [0.717, 1.165) is 0 Å². The van der Waals surface area contributed by atoms with E-state index in [-0.39, 0.29) is 24.7 Å². The maximum absolute atomic E-state index is 10.9. The number of Topliss-reactive ketones (excluding diaryl/α,β-unsaturated/α-hetero) is 1. The van der Waals surface area contributed by atoms with Gasteiger partial charge in [0.15, 0.2) is 5.78 Å². The highest BCUT2D eigenvalue weighted by Gasteiger charge is 2.06. The number of hydrogen-bond acceptors (Lipinski definition) is 4. The summed E-state index contributed by atoms with van der Waals surface area (Å²) in [5, 5.41) is 7.34. The molecule has 0 saturated carbocycles. The van der Waals surface area contributed by atoms with Crippen LogP contribution in [-0.2, 0) is 6.54 Å². The Hall–Kier alpha value is -0.940. The van der Waals surface area contributed by atoms with Crippen molar-refractivity contribution in [2.45, 2.75) is 13.5 Å². The molecular weight excluding hydrogens is 180 g/mol. The van der Waals surface area contributed by atoms with E-state index in [1.54, 1.807) is 10.9 Å². The lowest BCUT2D eigenvalue weighted by Gasteiger charge is -1.88. The zero-order valence-corrected chi connectivity index (χ0v) is 7.54. The molecule has 6 heteroatoms. The highest BCUT2D eigenvalue weighted by Crippen LogP contribution is 1.92. The van der Waals surface area contributed by atoms with Crippen molar-refractivity contribution in [3.05, 3.63) is 11.9 Å². The molecule has 0 bridgehead atoms. The lowest BCUT2D eigenvalue weighted by molar-refractivity contribution is 0.0996. The van der Waals surface area contributed by atoms with E-state index >= 15 is 0 Å². The van der Waals surface area contributed by atoms with Crippen molar-refractivity contribution in [2.24, 2.45) is 5.73 Å². The molecule has 1 heterocycles. The molecule has 0 fully saturated rings. The van der Waals surface area contributed by atoms with Gasteiger partial charge in [-0.3, -0.25) is 9.48 Å². The van der Waals surface area contributed by atoms with E-state index in [4.69, 9.17) is 5.73 Å². The van der Waals surface area contributed by atoms with Crippen molar-refractivity contribution >= 4 is 18.2 Å². The standard InChI is InChI=1S/C6H10N4O.ClH/c1-2-10-4-5(8-9-10)6(11)3-7;/h4H,2-3,7H2,1H3;1H. The summed E-state index contributed by atoms with van der Waals surface area (Å²) in [7, 11) is 0. The summed E-state index contributed by atoms with van der Waals surface area (Å²) in [4.78, 5) is 10.9. The van der Waals surface area contributed by atoms with Crippen LogP contribution in [0.25, 0.3) is 0 Å². The minimum absolute atomic E-state index is 0. The van der Waals surface area contributed by atoms with Crippen LogP contribution in [-0.4, -0.2) is 27.3 Å². The first-order chi connectivity index (χ1) is 5.27. The van der Waals surface area contributed by atoms with Crippen LogP contribution in [0.15, 0.2) is 6.20 Å². The topological polar surface area (TPSA) is 73.8 Å². The summed E-state index contributed by atoms with van der Waals surface area (Å²) in [5.74, 6) is -0.176. The molecule has 68 valence electrons. The molecule has 1 aromatic rings. The van der Waals surface area contributed by atoms with Gasteiger partial charge >= 0.3 is 0 Å². The Morgan fingerprint density at radius 3 is 2.83 bits per heavy atom. The van der Waals surface area contributed by atoms with Crippen molar-refractivity contribution in [2.75, 3.05) is 6.54 Å². The van der Waals surface area contributed by atoms with E-state index in [0.29, 0.717) is 12.2 Å². The van der Waals surface area contributed by atoms with Crippen LogP contribution in [0.4, 0.5) is 0 Å². The monoisotopic (exact) mass is 190 g/mol. The third-order valence-electron chi connectivity index (χ3n) is 1.33. The number of aryl methyl sites for hydroxylation is 1. The summed E-state index contributed by atoms with van der Waals surface area (Å²) < 4.78 is 1.59. The lowest BCUT2D eigenvalue weighted by atomic mass is 10.3. The Kier molecular flexibility index (Phi) is 4.46. The number of carbonyl (C=O) groups is 1. The van der Waals surface area contributed by atoms with Crippen molar-refractivity contribution in [3.8, 4) is 0 Å². The summed E-state index contributed by atoms with van der Waals surface area (Å²) in [6, 6.07) is 0. The summed E-state index contributed by atoms with van der Waals surface area (Å²) in [6.07, 6.45) is 1.59. The number of rotatable bonds is 3. The lowest BCUT2D eigenvalue weighted by Crippen LogP contribution is -2.13. The Morgan fingerprint density at radius 1 is 1.75 bits per heavy atom. The Labute approximate surface area is 76.3 Å². The van der Waals surface area contributed by atoms with Crippen molar-refractivity contribution in [1.82, 2.24) is 15.0 Å². The van der Waals surface area contributed by atoms with E-state index in [9.17, 15) is 4.79 Å². The molecule has 0 saturated heterocycles. The predicted molar refractivity (Wildman–Crippen MR) is 46.3 cm³/mol. The molecule has 1 aromatic heterocycles. The van der Waals surface area contributed by atoms with Crippen LogP contribution < -0.4 is 5.73 Å². The van der Waals surface area contributed by atoms with Crippen LogP contribution in [0.5, 0.6) is 0 Å². The van der Waals surface area contributed by atoms with Crippen LogP contribution in [0.1, 0.15) is 17.4 Å². The SMILES string of the molecule is CCn1cc(C(=O)CN)nn1.Cl. The molecule has 0 amide bonds. The zero-order valence-electron chi connectivity index (χ0n) is 6.73. The molecule has 0 aromatic carbocycles. The predicted octanol–water partition coefficient (Wildman–Crippen LogP) is -0.139. The molecule has 2 N–H and O–H groups in total. The van der Waals surface area contributed by atoms with Gasteiger partial charge in [0.2, 0.25) is 0 Å². The smallest absolute Gasteiger partial charge is 0.198 e. The molecule has 0 unspecified atom stereocenters. The fourth-order valence-corrected chi connectivity index (χ4v) is 0.685. The zero-order chi connectivity index (χ0) is 8.27. The van der Waals surface area contributed by atoms with Crippen LogP contribution >= 0.6 is 12.4 Å². The number of halogens is 1. The second-order valence-corrected chi connectivity index (χ2v) is 2.09. The maximum Gasteiger partial charge on any atom is 0.198 e. The average Bonchev–Trinajstić information content (AvgIpc) is 2.50. The number of ketones is 1. The van der Waals surface area contributed by atoms with Crippen LogP contribution in [0, 0.1) is 0 Å². The molecule has 1 rings (SSSR count). The quantitative estimate of drug-likeness (QED) is 0.674. The minimum Gasteiger partial charge on any atom is -0.324 e. The largest absolute Gasteiger partial charge is 0.324 e. The van der Waals surface area contributed by atoms with Gasteiger partial charge in [0.1, 0.15) is 5.69 Å². The van der Waals surface area contributed by atoms with Gasteiger partial charge in [-0.05, 0) is 6.92 Å². The molecule has 0 atom stereocenters. The Bertz CT molecular complexity index is 260. The Morgan fingerprint density at radius 2 is 2.42 bits per heavy atom. The van der Waals surface area contributed by atoms with Gasteiger partial charge in [0.05, 0.1) is 12.7 Å². The van der Waals surface area contributed by atoms with Gasteiger partial charge in [-0.1, -0.05) is 5.21 Å². The minimum atomic E-state index is -0.176. The van der Waals surface area contributed by atoms with Gasteiger partial charge in [0, 0.05) is 6.54 Å². The molecule has 5 nitrogen and oxygen atoms in total. The van der Waals surface area contributed by atoms with E-state index in [1.165, 1.54) is 0 Å². The summed E-state index contributed by atoms with van der Waals surface area (Å²) >= 11 is 0. The second-order valence-electron chi connectivity index (χ2n) is 2.09. The molecule has 0 aliphatic heterocycles. The van der Waals surface area contributed by atoms with Gasteiger partial charge in [-0.15, -0.1) is 17.5 Å². The third-order valence-corrected chi connectivity index (χ3v) is 1.33. The second kappa shape index (κ2) is 4.84. The molecule has 0 spiro atoms. The van der Waals surface area contributed by atoms with Crippen LogP contribution in [0.3, 0.4) is 0 Å². The van der Waals surface area contributed by atoms with E-state index in [1.807, 2.05) is 6.92 Å². The number of nitrogens with zero attached hydrogens (tertiary/aromatic N) is 3. The summed E-state index contributed by atoms with van der Waals surface area (Å²) in [6.45, 7) is 2.62. The van der Waals surface area contributed by atoms with E-state index < -0.39 is 0 Å². The molecule has 0 radical (unpaired) electrons. The highest BCUT2D eigenvalue weighted by atomic mass is 35.5. The maximum atomic E-state index is 10.9. The number of aromatic nitrogens is 3. The van der Waals surface area contributed by atoms with Gasteiger partial charge in [-0.25, -0.2) is 0 Å².